The van der Waals surface area contributed by atoms with Gasteiger partial charge in [0, 0.05) is 11.4 Å². The fraction of sp³-hybridized carbons (Fsp3) is 0.421. The van der Waals surface area contributed by atoms with Crippen LogP contribution in [-0.2, 0) is 11.3 Å². The number of aryl methyl sites for hydroxylation is 2. The molecule has 1 aromatic heterocycles. The summed E-state index contributed by atoms with van der Waals surface area (Å²) in [6, 6.07) is 10.6. The molecule has 3 nitrogen and oxygen atoms in total. The molecular weight excluding hydrogens is 304 g/mol. The molecule has 1 atom stereocenters. The molecule has 1 unspecified atom stereocenters. The van der Waals surface area contributed by atoms with E-state index in [4.69, 9.17) is 0 Å². The summed E-state index contributed by atoms with van der Waals surface area (Å²) >= 11 is 1.73. The van der Waals surface area contributed by atoms with Crippen molar-refractivity contribution in [1.82, 2.24) is 10.2 Å². The molecule has 4 heteroatoms. The van der Waals surface area contributed by atoms with Crippen molar-refractivity contribution in [3.8, 4) is 0 Å². The Hall–Kier alpha value is -1.65. The number of nitrogens with one attached hydrogen (secondary N) is 1. The summed E-state index contributed by atoms with van der Waals surface area (Å²) < 4.78 is 0. The lowest BCUT2D eigenvalue weighted by Crippen LogP contribution is -2.37. The second kappa shape index (κ2) is 8.27. The van der Waals surface area contributed by atoms with E-state index in [1.807, 2.05) is 6.92 Å². The predicted octanol–water partition coefficient (Wildman–Crippen LogP) is 4.06. The van der Waals surface area contributed by atoms with Gasteiger partial charge in [-0.1, -0.05) is 31.2 Å². The molecule has 2 aromatic rings. The molecule has 0 radical (unpaired) electrons. The molecule has 0 aliphatic rings. The van der Waals surface area contributed by atoms with Crippen LogP contribution in [-0.4, -0.2) is 23.9 Å². The summed E-state index contributed by atoms with van der Waals surface area (Å²) in [5.74, 6) is 0.0779. The number of benzene rings is 1. The van der Waals surface area contributed by atoms with E-state index in [0.29, 0.717) is 6.54 Å². The van der Waals surface area contributed by atoms with Crippen LogP contribution in [0.2, 0.25) is 0 Å². The number of carbonyl (C=O) groups excluding carboxylic acids is 1. The van der Waals surface area contributed by atoms with Gasteiger partial charge in [-0.25, -0.2) is 0 Å². The van der Waals surface area contributed by atoms with E-state index in [1.165, 1.54) is 16.0 Å². The fourth-order valence-corrected chi connectivity index (χ4v) is 3.26. The Morgan fingerprint density at radius 3 is 2.65 bits per heavy atom. The van der Waals surface area contributed by atoms with Gasteiger partial charge in [0.2, 0.25) is 5.91 Å². The van der Waals surface area contributed by atoms with E-state index in [1.54, 1.807) is 11.3 Å². The molecule has 23 heavy (non-hydrogen) atoms. The third-order valence-corrected chi connectivity index (χ3v) is 5.04. The van der Waals surface area contributed by atoms with Crippen LogP contribution in [0, 0.1) is 13.8 Å². The van der Waals surface area contributed by atoms with E-state index < -0.39 is 0 Å². The Labute approximate surface area is 143 Å². The highest BCUT2D eigenvalue weighted by Gasteiger charge is 2.14. The number of likely N-dealkylation sites (N-methyl/N-ethyl adjacent to an activating group) is 1. The van der Waals surface area contributed by atoms with Crippen LogP contribution in [0.1, 0.15) is 41.5 Å². The molecule has 0 aliphatic heterocycles. The number of amides is 1. The fourth-order valence-electron chi connectivity index (χ4n) is 2.51. The van der Waals surface area contributed by atoms with Crippen LogP contribution in [0.3, 0.4) is 0 Å². The number of rotatable bonds is 7. The number of thiophene rings is 1. The first-order valence-corrected chi connectivity index (χ1v) is 8.98. The Morgan fingerprint density at radius 2 is 2.04 bits per heavy atom. The van der Waals surface area contributed by atoms with Gasteiger partial charge >= 0.3 is 0 Å². The number of carbonyl (C=O) groups is 1. The molecule has 1 heterocycles. The second-order valence-corrected chi connectivity index (χ2v) is 7.05. The Balaban J connectivity index is 1.90. The molecule has 0 bridgehead atoms. The molecule has 0 saturated heterocycles. The van der Waals surface area contributed by atoms with Gasteiger partial charge in [0.05, 0.1) is 12.6 Å². The van der Waals surface area contributed by atoms with Crippen molar-refractivity contribution in [3.05, 3.63) is 57.3 Å². The van der Waals surface area contributed by atoms with Gasteiger partial charge in [-0.05, 0) is 55.5 Å². The second-order valence-electron chi connectivity index (χ2n) is 6.02. The quantitative estimate of drug-likeness (QED) is 0.830. The zero-order valence-corrected chi connectivity index (χ0v) is 15.2. The molecule has 0 aliphatic carbocycles. The lowest BCUT2D eigenvalue weighted by atomic mass is 10.0. The summed E-state index contributed by atoms with van der Waals surface area (Å²) in [6.07, 6.45) is 0. The molecule has 0 spiro atoms. The van der Waals surface area contributed by atoms with Gasteiger partial charge in [0.1, 0.15) is 0 Å². The summed E-state index contributed by atoms with van der Waals surface area (Å²) in [4.78, 5) is 15.8. The highest BCUT2D eigenvalue weighted by atomic mass is 32.1. The standard InChI is InChI=1S/C19H26N2OS/c1-5-21(12-18-7-6-10-23-18)13-19(22)20-16(4)17-9-8-14(2)15(3)11-17/h6-11,16H,5,12-13H2,1-4H3,(H,20,22). The topological polar surface area (TPSA) is 32.3 Å². The SMILES string of the molecule is CCN(CC(=O)NC(C)c1ccc(C)c(C)c1)Cc1cccs1. The highest BCUT2D eigenvalue weighted by molar-refractivity contribution is 7.09. The van der Waals surface area contributed by atoms with Crippen molar-refractivity contribution in [3.63, 3.8) is 0 Å². The minimum Gasteiger partial charge on any atom is -0.348 e. The van der Waals surface area contributed by atoms with Crippen molar-refractivity contribution in [2.24, 2.45) is 0 Å². The molecule has 1 N–H and O–H groups in total. The lowest BCUT2D eigenvalue weighted by Gasteiger charge is -2.21. The van der Waals surface area contributed by atoms with Crippen LogP contribution in [0.25, 0.3) is 0 Å². The maximum Gasteiger partial charge on any atom is 0.234 e. The van der Waals surface area contributed by atoms with E-state index in [0.717, 1.165) is 18.7 Å². The molecule has 0 fully saturated rings. The molecular formula is C19H26N2OS. The summed E-state index contributed by atoms with van der Waals surface area (Å²) in [5.41, 5.74) is 3.69. The number of hydrogen-bond acceptors (Lipinski definition) is 3. The molecule has 0 saturated carbocycles. The lowest BCUT2D eigenvalue weighted by molar-refractivity contribution is -0.123. The smallest absolute Gasteiger partial charge is 0.234 e. The first kappa shape index (κ1) is 17.7. The third kappa shape index (κ3) is 5.19. The first-order chi connectivity index (χ1) is 11.0. The highest BCUT2D eigenvalue weighted by Crippen LogP contribution is 2.17. The Morgan fingerprint density at radius 1 is 1.26 bits per heavy atom. The van der Waals surface area contributed by atoms with E-state index >= 15 is 0 Å². The number of nitrogens with zero attached hydrogens (tertiary/aromatic N) is 1. The van der Waals surface area contributed by atoms with Crippen LogP contribution >= 0.6 is 11.3 Å². The van der Waals surface area contributed by atoms with Gasteiger partial charge in [0.25, 0.3) is 0 Å². The third-order valence-electron chi connectivity index (χ3n) is 4.18. The van der Waals surface area contributed by atoms with Crippen molar-refractivity contribution >= 4 is 17.2 Å². The monoisotopic (exact) mass is 330 g/mol. The Bertz CT molecular complexity index is 637. The zero-order chi connectivity index (χ0) is 16.8. The average Bonchev–Trinajstić information content (AvgIpc) is 3.02. The normalized spacial score (nSPS) is 12.4. The average molecular weight is 330 g/mol. The van der Waals surface area contributed by atoms with E-state index in [-0.39, 0.29) is 11.9 Å². The minimum atomic E-state index is 0.0299. The van der Waals surface area contributed by atoms with Gasteiger partial charge in [-0.3, -0.25) is 9.69 Å². The summed E-state index contributed by atoms with van der Waals surface area (Å²) in [6.45, 7) is 10.5. The summed E-state index contributed by atoms with van der Waals surface area (Å²) in [7, 11) is 0. The van der Waals surface area contributed by atoms with E-state index in [9.17, 15) is 4.79 Å². The van der Waals surface area contributed by atoms with Crippen molar-refractivity contribution < 1.29 is 4.79 Å². The van der Waals surface area contributed by atoms with Gasteiger partial charge in [-0.15, -0.1) is 11.3 Å². The van der Waals surface area contributed by atoms with Crippen LogP contribution in [0.4, 0.5) is 0 Å². The van der Waals surface area contributed by atoms with Crippen molar-refractivity contribution in [1.29, 1.82) is 0 Å². The van der Waals surface area contributed by atoms with E-state index in [2.05, 4.69) is 66.7 Å². The van der Waals surface area contributed by atoms with Crippen LogP contribution < -0.4 is 5.32 Å². The maximum atomic E-state index is 12.3. The number of hydrogen-bond donors (Lipinski definition) is 1. The van der Waals surface area contributed by atoms with Gasteiger partial charge in [0.15, 0.2) is 0 Å². The molecule has 1 amide bonds. The van der Waals surface area contributed by atoms with Crippen molar-refractivity contribution in [2.45, 2.75) is 40.3 Å². The van der Waals surface area contributed by atoms with Crippen LogP contribution in [0.15, 0.2) is 35.7 Å². The summed E-state index contributed by atoms with van der Waals surface area (Å²) in [5, 5.41) is 5.18. The minimum absolute atomic E-state index is 0.0299. The zero-order valence-electron chi connectivity index (χ0n) is 14.4. The largest absolute Gasteiger partial charge is 0.348 e. The molecule has 124 valence electrons. The van der Waals surface area contributed by atoms with Crippen molar-refractivity contribution in [2.75, 3.05) is 13.1 Å². The molecule has 1 aromatic carbocycles. The molecule has 2 rings (SSSR count). The van der Waals surface area contributed by atoms with Gasteiger partial charge < -0.3 is 5.32 Å². The van der Waals surface area contributed by atoms with Crippen LogP contribution in [0.5, 0.6) is 0 Å². The maximum absolute atomic E-state index is 12.3. The first-order valence-electron chi connectivity index (χ1n) is 8.10. The Kier molecular flexibility index (Phi) is 6.37. The van der Waals surface area contributed by atoms with Gasteiger partial charge in [-0.2, -0.15) is 0 Å². The predicted molar refractivity (Wildman–Crippen MR) is 97.7 cm³/mol.